The Hall–Kier alpha value is -5.84. The molecular weight excluding hydrogens is 900 g/mol. The van der Waals surface area contributed by atoms with Gasteiger partial charge in [0.05, 0.1) is 24.5 Å². The Bertz CT molecular complexity index is 2150. The van der Waals surface area contributed by atoms with Crippen molar-refractivity contribution in [2.24, 2.45) is 0 Å². The van der Waals surface area contributed by atoms with Gasteiger partial charge in [0.1, 0.15) is 25.1 Å². The minimum Gasteiger partial charge on any atom is -0.481 e. The molecule has 0 bridgehead atoms. The number of aliphatic carboxylic acids is 1. The molecule has 7 rings (SSSR count). The van der Waals surface area contributed by atoms with E-state index in [-0.39, 0.29) is 49.7 Å². The number of ketones is 1. The van der Waals surface area contributed by atoms with Crippen LogP contribution in [0, 0.1) is 0 Å². The van der Waals surface area contributed by atoms with Crippen LogP contribution in [0.15, 0.2) is 124 Å². The number of halogens is 2. The van der Waals surface area contributed by atoms with E-state index in [1.54, 1.807) is 29.2 Å². The average Bonchev–Trinajstić information content (AvgIpc) is 4.05. The molecule has 16 heteroatoms. The fourth-order valence-corrected chi connectivity index (χ4v) is 6.97. The van der Waals surface area contributed by atoms with Gasteiger partial charge in [-0.1, -0.05) is 117 Å². The molecule has 3 heterocycles. The van der Waals surface area contributed by atoms with E-state index in [0.717, 1.165) is 63.3 Å². The number of nitrogens with zero attached hydrogens (tertiary/aromatic N) is 3. The zero-order valence-electron chi connectivity index (χ0n) is 33.1. The number of hydrogen-bond donors (Lipinski definition) is 4. The third kappa shape index (κ3) is 14.2. The summed E-state index contributed by atoms with van der Waals surface area (Å²) in [5.74, 6) is -0.543. The third-order valence-electron chi connectivity index (χ3n) is 9.34. The molecular formula is C44H48Br2N6O8. The summed E-state index contributed by atoms with van der Waals surface area (Å²) in [5, 5.41) is 10.1. The van der Waals surface area contributed by atoms with Crippen LogP contribution < -0.4 is 11.5 Å². The summed E-state index contributed by atoms with van der Waals surface area (Å²) < 4.78 is 12.8. The molecule has 3 amide bonds. The number of aromatic nitrogens is 2. The lowest BCUT2D eigenvalue weighted by molar-refractivity contribution is -0.134. The number of Topliss-reactive ketones (excluding diaryl/α,β-unsaturated/α-hetero) is 1. The molecule has 1 aromatic heterocycles. The van der Waals surface area contributed by atoms with E-state index in [1.165, 1.54) is 4.90 Å². The monoisotopic (exact) mass is 946 g/mol. The molecule has 14 nitrogen and oxygen atoms in total. The summed E-state index contributed by atoms with van der Waals surface area (Å²) >= 11 is 6.77. The number of nitrogens with one attached hydrogen (secondary N) is 2. The second-order valence-corrected chi connectivity index (χ2v) is 15.5. The topological polar surface area (TPSA) is 206 Å². The van der Waals surface area contributed by atoms with Gasteiger partial charge in [0, 0.05) is 34.5 Å². The van der Waals surface area contributed by atoms with Crippen molar-refractivity contribution < 1.29 is 38.6 Å². The maximum Gasteiger partial charge on any atom is 0.410 e. The number of hydrogen-bond acceptors (Lipinski definition) is 9. The molecule has 4 aromatic carbocycles. The first-order valence-electron chi connectivity index (χ1n) is 19.0. The highest BCUT2D eigenvalue weighted by Crippen LogP contribution is 2.32. The highest BCUT2D eigenvalue weighted by Gasteiger charge is 2.35. The number of amides is 3. The van der Waals surface area contributed by atoms with Crippen LogP contribution in [0.25, 0.3) is 11.3 Å². The molecule has 2 fully saturated rings. The van der Waals surface area contributed by atoms with Crippen molar-refractivity contribution in [2.75, 3.05) is 19.6 Å². The number of carboxylic acid groups (broad SMARTS) is 1. The Morgan fingerprint density at radius 3 is 1.82 bits per heavy atom. The second kappa shape index (κ2) is 23.7. The normalized spacial score (nSPS) is 15.2. The van der Waals surface area contributed by atoms with Gasteiger partial charge >= 0.3 is 12.2 Å². The van der Waals surface area contributed by atoms with Crippen molar-refractivity contribution in [2.45, 2.75) is 57.9 Å². The minimum absolute atomic E-state index is 0. The van der Waals surface area contributed by atoms with E-state index < -0.39 is 18.1 Å². The largest absolute Gasteiger partial charge is 0.481 e. The van der Waals surface area contributed by atoms with Crippen LogP contribution in [0.4, 0.5) is 9.59 Å². The zero-order chi connectivity index (χ0) is 42.1. The Balaban J connectivity index is 0.000000239. The van der Waals surface area contributed by atoms with E-state index in [0.29, 0.717) is 25.1 Å². The fourth-order valence-electron chi connectivity index (χ4n) is 6.44. The van der Waals surface area contributed by atoms with Gasteiger partial charge in [-0.05, 0) is 66.6 Å². The number of imidazole rings is 1. The van der Waals surface area contributed by atoms with Crippen molar-refractivity contribution in [1.29, 1.82) is 0 Å². The standard InChI is InChI=1S/C21H20BrN3O2.C21H21BrN2O4.C2H4O2.H3N/c22-17-10-8-16(9-11-17)18-13-23-20(24-18)19-7-4-12-25(19)21(26)27-14-15-5-2-1-3-6-15;22-17-10-8-16(9-11-17)19(25)13-23-20(26)18-7-4-12-24(18)21(27)28-14-15-5-2-1-3-6-15;1-2(3)4;/h1-3,5-6,8-11,13,19H,4,7,12,14H2,(H,23,24);1-3,5-6,8-11,18H,4,7,12-14H2,(H,23,26);1H3,(H,3,4);1H3/t19-;18-;;/m00../s1. The number of benzene rings is 4. The van der Waals surface area contributed by atoms with Gasteiger partial charge in [0.15, 0.2) is 5.78 Å². The van der Waals surface area contributed by atoms with Crippen molar-refractivity contribution in [3.05, 3.63) is 147 Å². The molecule has 0 unspecified atom stereocenters. The highest BCUT2D eigenvalue weighted by molar-refractivity contribution is 9.10. The fraction of sp³-hybridized carbons (Fsp3) is 0.273. The molecule has 2 saturated heterocycles. The maximum atomic E-state index is 12.6. The predicted octanol–water partition coefficient (Wildman–Crippen LogP) is 9.12. The number of carboxylic acids is 1. The summed E-state index contributed by atoms with van der Waals surface area (Å²) in [6.07, 6.45) is 4.12. The lowest BCUT2D eigenvalue weighted by Crippen LogP contribution is -2.47. The van der Waals surface area contributed by atoms with Crippen LogP contribution >= 0.6 is 31.9 Å². The number of rotatable bonds is 10. The molecule has 2 aliphatic heterocycles. The molecule has 0 saturated carbocycles. The first-order chi connectivity index (χ1) is 28.5. The predicted molar refractivity (Wildman–Crippen MR) is 233 cm³/mol. The molecule has 0 radical (unpaired) electrons. The van der Waals surface area contributed by atoms with Gasteiger partial charge in [-0.25, -0.2) is 14.6 Å². The van der Waals surface area contributed by atoms with Gasteiger partial charge in [-0.15, -0.1) is 0 Å². The van der Waals surface area contributed by atoms with E-state index in [9.17, 15) is 19.2 Å². The Morgan fingerprint density at radius 2 is 1.25 bits per heavy atom. The van der Waals surface area contributed by atoms with Gasteiger partial charge in [-0.2, -0.15) is 0 Å². The van der Waals surface area contributed by atoms with E-state index in [2.05, 4.69) is 47.1 Å². The van der Waals surface area contributed by atoms with Crippen LogP contribution in [0.3, 0.4) is 0 Å². The second-order valence-electron chi connectivity index (χ2n) is 13.6. The van der Waals surface area contributed by atoms with Crippen molar-refractivity contribution in [1.82, 2.24) is 31.2 Å². The van der Waals surface area contributed by atoms with Crippen molar-refractivity contribution >= 4 is 61.7 Å². The molecule has 316 valence electrons. The summed E-state index contributed by atoms with van der Waals surface area (Å²) in [4.78, 5) is 69.8. The summed E-state index contributed by atoms with van der Waals surface area (Å²) in [6, 6.07) is 33.4. The molecule has 60 heavy (non-hydrogen) atoms. The summed E-state index contributed by atoms with van der Waals surface area (Å²) in [5.41, 5.74) is 4.40. The van der Waals surface area contributed by atoms with Gasteiger partial charge in [0.2, 0.25) is 5.91 Å². The maximum absolute atomic E-state index is 12.6. The summed E-state index contributed by atoms with van der Waals surface area (Å²) in [7, 11) is 0. The third-order valence-corrected chi connectivity index (χ3v) is 10.4. The molecule has 0 aliphatic carbocycles. The van der Waals surface area contributed by atoms with Crippen molar-refractivity contribution in [3.63, 3.8) is 0 Å². The number of aromatic amines is 1. The lowest BCUT2D eigenvalue weighted by atomic mass is 10.1. The van der Waals surface area contributed by atoms with E-state index in [1.807, 2.05) is 91.1 Å². The lowest BCUT2D eigenvalue weighted by Gasteiger charge is -2.23. The van der Waals surface area contributed by atoms with Crippen LogP contribution in [-0.2, 0) is 32.3 Å². The number of ether oxygens (including phenoxy) is 2. The van der Waals surface area contributed by atoms with Crippen LogP contribution in [0.1, 0.15) is 66.0 Å². The van der Waals surface area contributed by atoms with Crippen molar-refractivity contribution in [3.8, 4) is 11.3 Å². The number of H-pyrrole nitrogens is 1. The zero-order valence-corrected chi connectivity index (χ0v) is 36.3. The van der Waals surface area contributed by atoms with Gasteiger partial charge in [0.25, 0.3) is 5.97 Å². The smallest absolute Gasteiger partial charge is 0.410 e. The quantitative estimate of drug-likeness (QED) is 0.0977. The first kappa shape index (κ1) is 46.8. The molecule has 2 atom stereocenters. The summed E-state index contributed by atoms with van der Waals surface area (Å²) in [6.45, 7) is 2.57. The Labute approximate surface area is 365 Å². The minimum atomic E-state index is -0.833. The van der Waals surface area contributed by atoms with Crippen LogP contribution in [-0.4, -0.2) is 80.4 Å². The van der Waals surface area contributed by atoms with E-state index >= 15 is 0 Å². The van der Waals surface area contributed by atoms with E-state index in [4.69, 9.17) is 19.4 Å². The van der Waals surface area contributed by atoms with Gasteiger partial charge in [-0.3, -0.25) is 24.2 Å². The molecule has 2 aliphatic rings. The highest BCUT2D eigenvalue weighted by atomic mass is 79.9. The van der Waals surface area contributed by atoms with Crippen LogP contribution in [0.2, 0.25) is 0 Å². The SMILES string of the molecule is CC(=O)O.N.O=C(CNC(=O)[C@@H]1CCCN1C(=O)OCc1ccccc1)c1ccc(Br)cc1.O=C(OCc1ccccc1)N1CCC[C@H]1c1ncc(-c2ccc(Br)cc2)[nH]1. The Kier molecular flexibility index (Phi) is 18.5. The number of carbonyl (C=O) groups is 5. The molecule has 0 spiro atoms. The van der Waals surface area contributed by atoms with Gasteiger partial charge < -0.3 is 31.0 Å². The Morgan fingerprint density at radius 1 is 0.750 bits per heavy atom. The molecule has 6 N–H and O–H groups in total. The van der Waals surface area contributed by atoms with Crippen LogP contribution in [0.5, 0.6) is 0 Å². The first-order valence-corrected chi connectivity index (χ1v) is 20.6. The molecule has 5 aromatic rings. The number of likely N-dealkylation sites (tertiary alicyclic amines) is 2. The number of carbonyl (C=O) groups excluding carboxylic acids is 4. The average molecular weight is 949 g/mol.